The number of aromatic nitrogens is 2. The fourth-order valence-corrected chi connectivity index (χ4v) is 3.09. The Hall–Kier alpha value is -1.80. The van der Waals surface area contributed by atoms with Gasteiger partial charge in [0.1, 0.15) is 0 Å². The second-order valence-corrected chi connectivity index (χ2v) is 5.58. The zero-order valence-corrected chi connectivity index (χ0v) is 11.7. The average Bonchev–Trinajstić information content (AvgIpc) is 2.95. The van der Waals surface area contributed by atoms with Gasteiger partial charge in [-0.15, -0.1) is 6.42 Å². The lowest BCUT2D eigenvalue weighted by atomic mass is 9.96. The normalized spacial score (nSPS) is 23.1. The fourth-order valence-electron chi connectivity index (χ4n) is 3.09. The van der Waals surface area contributed by atoms with Gasteiger partial charge in [0.15, 0.2) is 0 Å². The van der Waals surface area contributed by atoms with Crippen molar-refractivity contribution in [3.8, 4) is 12.3 Å². The molecule has 3 rings (SSSR count). The largest absolute Gasteiger partial charge is 0.340 e. The molecule has 106 valence electrons. The van der Waals surface area contributed by atoms with Crippen molar-refractivity contribution in [3.63, 3.8) is 0 Å². The van der Waals surface area contributed by atoms with Crippen LogP contribution in [0.25, 0.3) is 0 Å². The summed E-state index contributed by atoms with van der Waals surface area (Å²) in [4.78, 5) is 21.0. The molecule has 5 nitrogen and oxygen atoms in total. The molecule has 2 aliphatic rings. The summed E-state index contributed by atoms with van der Waals surface area (Å²) in [6, 6.07) is 0. The maximum Gasteiger partial charge on any atom is 0.227 e. The summed E-state index contributed by atoms with van der Waals surface area (Å²) in [6.07, 6.45) is 11.0. The summed E-state index contributed by atoms with van der Waals surface area (Å²) in [5.41, 5.74) is 1.24. The first-order chi connectivity index (χ1) is 9.78. The first-order valence-electron chi connectivity index (χ1n) is 7.21. The minimum Gasteiger partial charge on any atom is -0.340 e. The molecule has 1 amide bonds. The van der Waals surface area contributed by atoms with Gasteiger partial charge in [0.25, 0.3) is 0 Å². The minimum absolute atomic E-state index is 0.107. The molecule has 0 saturated carbocycles. The van der Waals surface area contributed by atoms with Crippen LogP contribution in [0.2, 0.25) is 0 Å². The lowest BCUT2D eigenvalue weighted by molar-refractivity contribution is -0.138. The van der Waals surface area contributed by atoms with Crippen LogP contribution in [0.5, 0.6) is 0 Å². The van der Waals surface area contributed by atoms with Crippen LogP contribution in [0.3, 0.4) is 0 Å². The molecule has 1 aromatic rings. The van der Waals surface area contributed by atoms with Gasteiger partial charge in [-0.2, -0.15) is 0 Å². The maximum atomic E-state index is 12.6. The second kappa shape index (κ2) is 5.68. The molecule has 0 N–H and O–H groups in total. The van der Waals surface area contributed by atoms with Crippen molar-refractivity contribution < 1.29 is 4.79 Å². The average molecular weight is 272 g/mol. The van der Waals surface area contributed by atoms with Gasteiger partial charge in [-0.1, -0.05) is 5.92 Å². The molecule has 1 fully saturated rings. The smallest absolute Gasteiger partial charge is 0.227 e. The molecular formula is C15H20N4O. The minimum atomic E-state index is 0.107. The number of piperazine rings is 1. The third-order valence-corrected chi connectivity index (χ3v) is 4.31. The Bertz CT molecular complexity index is 522. The quantitative estimate of drug-likeness (QED) is 0.723. The van der Waals surface area contributed by atoms with Gasteiger partial charge in [-0.25, -0.2) is 4.98 Å². The number of aryl methyl sites for hydroxylation is 1. The predicted octanol–water partition coefficient (Wildman–Crippen LogP) is 0.223. The molecule has 0 bridgehead atoms. The zero-order valence-electron chi connectivity index (χ0n) is 11.7. The highest BCUT2D eigenvalue weighted by Gasteiger charge is 2.30. The number of hydrogen-bond acceptors (Lipinski definition) is 3. The molecule has 0 spiro atoms. The van der Waals surface area contributed by atoms with Crippen LogP contribution >= 0.6 is 0 Å². The van der Waals surface area contributed by atoms with Gasteiger partial charge in [-0.3, -0.25) is 9.69 Å². The van der Waals surface area contributed by atoms with Gasteiger partial charge in [0, 0.05) is 44.6 Å². The van der Waals surface area contributed by atoms with E-state index in [2.05, 4.69) is 20.4 Å². The topological polar surface area (TPSA) is 41.4 Å². The lowest BCUT2D eigenvalue weighted by Gasteiger charge is -2.36. The van der Waals surface area contributed by atoms with E-state index in [0.717, 1.165) is 45.6 Å². The van der Waals surface area contributed by atoms with Gasteiger partial charge < -0.3 is 9.47 Å². The van der Waals surface area contributed by atoms with E-state index in [-0.39, 0.29) is 5.92 Å². The van der Waals surface area contributed by atoms with Crippen LogP contribution < -0.4 is 0 Å². The molecule has 1 aromatic heterocycles. The molecule has 3 heterocycles. The van der Waals surface area contributed by atoms with Crippen LogP contribution in [0.15, 0.2) is 12.5 Å². The van der Waals surface area contributed by atoms with Crippen molar-refractivity contribution in [2.75, 3.05) is 32.7 Å². The van der Waals surface area contributed by atoms with Gasteiger partial charge in [0.05, 0.1) is 18.8 Å². The summed E-state index contributed by atoms with van der Waals surface area (Å²) in [5.74, 6) is 3.07. The number of imidazole rings is 1. The molecular weight excluding hydrogens is 252 g/mol. The monoisotopic (exact) mass is 272 g/mol. The number of nitrogens with zero attached hydrogens (tertiary/aromatic N) is 4. The van der Waals surface area contributed by atoms with Gasteiger partial charge in [-0.05, 0) is 12.8 Å². The zero-order chi connectivity index (χ0) is 13.9. The molecule has 0 unspecified atom stereocenters. The Morgan fingerprint density at radius 3 is 2.95 bits per heavy atom. The van der Waals surface area contributed by atoms with E-state index in [9.17, 15) is 4.79 Å². The fraction of sp³-hybridized carbons (Fsp3) is 0.600. The van der Waals surface area contributed by atoms with Crippen LogP contribution in [-0.4, -0.2) is 58.0 Å². The van der Waals surface area contributed by atoms with E-state index in [4.69, 9.17) is 6.42 Å². The summed E-state index contributed by atoms with van der Waals surface area (Å²) >= 11 is 0. The number of carbonyl (C=O) groups is 1. The van der Waals surface area contributed by atoms with Crippen molar-refractivity contribution in [2.24, 2.45) is 5.92 Å². The van der Waals surface area contributed by atoms with E-state index in [1.807, 2.05) is 17.4 Å². The number of amides is 1. The highest BCUT2D eigenvalue weighted by atomic mass is 16.2. The van der Waals surface area contributed by atoms with Crippen molar-refractivity contribution in [1.82, 2.24) is 19.4 Å². The molecule has 0 aliphatic carbocycles. The highest BCUT2D eigenvalue weighted by molar-refractivity contribution is 5.79. The van der Waals surface area contributed by atoms with Gasteiger partial charge in [0.2, 0.25) is 5.91 Å². The first kappa shape index (κ1) is 13.2. The van der Waals surface area contributed by atoms with E-state index < -0.39 is 0 Å². The van der Waals surface area contributed by atoms with Crippen LogP contribution in [0.4, 0.5) is 0 Å². The van der Waals surface area contributed by atoms with Crippen LogP contribution in [0.1, 0.15) is 12.1 Å². The summed E-state index contributed by atoms with van der Waals surface area (Å²) in [5, 5.41) is 0. The summed E-state index contributed by atoms with van der Waals surface area (Å²) < 4.78 is 2.11. The number of carbonyl (C=O) groups excluding carboxylic acids is 1. The molecule has 5 heteroatoms. The Morgan fingerprint density at radius 1 is 1.40 bits per heavy atom. The molecule has 1 atom stereocenters. The number of rotatable bonds is 2. The third-order valence-electron chi connectivity index (χ3n) is 4.31. The van der Waals surface area contributed by atoms with Crippen molar-refractivity contribution in [1.29, 1.82) is 0 Å². The van der Waals surface area contributed by atoms with Crippen molar-refractivity contribution in [2.45, 2.75) is 19.4 Å². The van der Waals surface area contributed by atoms with E-state index >= 15 is 0 Å². The lowest BCUT2D eigenvalue weighted by Crippen LogP contribution is -2.51. The van der Waals surface area contributed by atoms with Crippen molar-refractivity contribution in [3.05, 3.63) is 18.2 Å². The Labute approximate surface area is 119 Å². The SMILES string of the molecule is C#CCN1CCN(C(=O)[C@H]2CCc3cncn3C2)CC1. The second-order valence-electron chi connectivity index (χ2n) is 5.58. The Balaban J connectivity index is 1.57. The standard InChI is InChI=1S/C15H20N4O/c1-2-5-17-6-8-18(9-7-17)15(20)13-3-4-14-10-16-12-19(14)11-13/h1,10,12-13H,3-9,11H2/t13-/m0/s1. The van der Waals surface area contributed by atoms with Crippen LogP contribution in [0, 0.1) is 18.3 Å². The Kier molecular flexibility index (Phi) is 3.75. The van der Waals surface area contributed by atoms with Gasteiger partial charge >= 0.3 is 0 Å². The molecule has 1 saturated heterocycles. The van der Waals surface area contributed by atoms with E-state index in [1.165, 1.54) is 5.69 Å². The third kappa shape index (κ3) is 2.56. The number of hydrogen-bond donors (Lipinski definition) is 0. The van der Waals surface area contributed by atoms with E-state index in [1.54, 1.807) is 0 Å². The first-order valence-corrected chi connectivity index (χ1v) is 7.21. The number of terminal acetylenes is 1. The van der Waals surface area contributed by atoms with E-state index in [0.29, 0.717) is 12.5 Å². The molecule has 2 aliphatic heterocycles. The molecule has 0 radical (unpaired) electrons. The summed E-state index contributed by atoms with van der Waals surface area (Å²) in [7, 11) is 0. The summed E-state index contributed by atoms with van der Waals surface area (Å²) in [6.45, 7) is 4.84. The maximum absolute atomic E-state index is 12.6. The van der Waals surface area contributed by atoms with Crippen molar-refractivity contribution >= 4 is 5.91 Å². The number of fused-ring (bicyclic) bond motifs is 1. The Morgan fingerprint density at radius 2 is 2.20 bits per heavy atom. The van der Waals surface area contributed by atoms with Crippen LogP contribution in [-0.2, 0) is 17.8 Å². The predicted molar refractivity (Wildman–Crippen MR) is 75.9 cm³/mol. The highest BCUT2D eigenvalue weighted by Crippen LogP contribution is 2.22. The molecule has 20 heavy (non-hydrogen) atoms. The molecule has 0 aromatic carbocycles.